The van der Waals surface area contributed by atoms with Crippen LogP contribution in [0.3, 0.4) is 0 Å². The van der Waals surface area contributed by atoms with Crippen molar-refractivity contribution < 1.29 is 13.2 Å². The number of nitrogen functional groups attached to an aromatic ring is 1. The fourth-order valence-corrected chi connectivity index (χ4v) is 2.01. The van der Waals surface area contributed by atoms with Crippen molar-refractivity contribution in [1.29, 1.82) is 0 Å². The number of alkyl halides is 3. The Morgan fingerprint density at radius 2 is 2.06 bits per heavy atom. The topological polar surface area (TPSA) is 50.9 Å². The first-order chi connectivity index (χ1) is 7.30. The Hall–Kier alpha value is -0.820. The third-order valence-electron chi connectivity index (χ3n) is 1.82. The molecule has 0 unspecified atom stereocenters. The van der Waals surface area contributed by atoms with Crippen LogP contribution in [-0.2, 0) is 12.7 Å². The third kappa shape index (κ3) is 3.64. The second-order valence-electron chi connectivity index (χ2n) is 3.85. The minimum absolute atomic E-state index is 0.0475. The Kier molecular flexibility index (Phi) is 4.15. The molecule has 3 nitrogen and oxygen atoms in total. The van der Waals surface area contributed by atoms with E-state index in [0.29, 0.717) is 12.5 Å². The fraction of sp³-hybridized carbons (Fsp3) is 0.667. The average molecular weight is 253 g/mol. The summed E-state index contributed by atoms with van der Waals surface area (Å²) in [6, 6.07) is 0. The molecule has 0 aliphatic rings. The Labute approximate surface area is 95.9 Å². The molecule has 0 saturated carbocycles. The van der Waals surface area contributed by atoms with Gasteiger partial charge in [-0.2, -0.15) is 13.2 Å². The number of nitrogens with zero attached hydrogens (tertiary/aromatic N) is 1. The van der Waals surface area contributed by atoms with Gasteiger partial charge in [0.2, 0.25) is 0 Å². The Bertz CT molecular complexity index is 346. The minimum atomic E-state index is -4.43. The van der Waals surface area contributed by atoms with Gasteiger partial charge in [0.15, 0.2) is 10.8 Å². The molecular weight excluding hydrogens is 239 g/mol. The van der Waals surface area contributed by atoms with Crippen molar-refractivity contribution in [2.24, 2.45) is 5.92 Å². The zero-order valence-electron chi connectivity index (χ0n) is 9.06. The number of anilines is 1. The number of hydrogen-bond donors (Lipinski definition) is 2. The highest BCUT2D eigenvalue weighted by molar-refractivity contribution is 7.15. The quantitative estimate of drug-likeness (QED) is 0.866. The molecule has 0 aliphatic carbocycles. The van der Waals surface area contributed by atoms with Gasteiger partial charge in [-0.3, -0.25) is 0 Å². The summed E-state index contributed by atoms with van der Waals surface area (Å²) in [6.07, 6.45) is -4.43. The molecule has 3 N–H and O–H groups in total. The molecule has 1 heterocycles. The molecule has 0 aliphatic heterocycles. The highest BCUT2D eigenvalue weighted by atomic mass is 32.1. The minimum Gasteiger partial charge on any atom is -0.375 e. The molecule has 0 radical (unpaired) electrons. The lowest BCUT2D eigenvalue weighted by atomic mass is 10.2. The monoisotopic (exact) mass is 253 g/mol. The van der Waals surface area contributed by atoms with Gasteiger partial charge in [0.05, 0.1) is 4.88 Å². The Balaban J connectivity index is 2.72. The summed E-state index contributed by atoms with van der Waals surface area (Å²) in [5.74, 6) is 0.389. The van der Waals surface area contributed by atoms with Crippen molar-refractivity contribution in [3.05, 3.63) is 10.6 Å². The summed E-state index contributed by atoms with van der Waals surface area (Å²) >= 11 is 0.877. The van der Waals surface area contributed by atoms with E-state index in [-0.39, 0.29) is 16.6 Å². The van der Waals surface area contributed by atoms with Crippen LogP contribution in [-0.4, -0.2) is 11.5 Å². The number of thiazole rings is 1. The summed E-state index contributed by atoms with van der Waals surface area (Å²) < 4.78 is 37.5. The molecule has 0 bridgehead atoms. The molecule has 0 spiro atoms. The largest absolute Gasteiger partial charge is 0.434 e. The van der Waals surface area contributed by atoms with Crippen molar-refractivity contribution in [1.82, 2.24) is 10.3 Å². The second-order valence-corrected chi connectivity index (χ2v) is 4.96. The van der Waals surface area contributed by atoms with Crippen molar-refractivity contribution in [3.63, 3.8) is 0 Å². The molecule has 92 valence electrons. The third-order valence-corrected chi connectivity index (χ3v) is 2.71. The van der Waals surface area contributed by atoms with Crippen LogP contribution < -0.4 is 11.1 Å². The maximum atomic E-state index is 12.5. The van der Waals surface area contributed by atoms with Gasteiger partial charge in [-0.15, -0.1) is 11.3 Å². The predicted octanol–water partition coefficient (Wildman–Crippen LogP) is 2.49. The van der Waals surface area contributed by atoms with Crippen LogP contribution >= 0.6 is 11.3 Å². The molecule has 0 atom stereocenters. The van der Waals surface area contributed by atoms with E-state index in [0.717, 1.165) is 11.3 Å². The summed E-state index contributed by atoms with van der Waals surface area (Å²) in [6.45, 7) is 4.79. The first-order valence-electron chi connectivity index (χ1n) is 4.83. The molecule has 0 fully saturated rings. The number of rotatable bonds is 4. The van der Waals surface area contributed by atoms with E-state index >= 15 is 0 Å². The van der Waals surface area contributed by atoms with Gasteiger partial charge in [0.1, 0.15) is 0 Å². The standard InChI is InChI=1S/C9H14F3N3S/c1-5(2)3-14-4-6-7(9(10,11)12)15-8(13)16-6/h5,14H,3-4H2,1-2H3,(H2,13,15). The number of hydrogen-bond acceptors (Lipinski definition) is 4. The van der Waals surface area contributed by atoms with Crippen LogP contribution in [0.5, 0.6) is 0 Å². The molecular formula is C9H14F3N3S. The Morgan fingerprint density at radius 1 is 1.44 bits per heavy atom. The summed E-state index contributed by atoms with van der Waals surface area (Å²) in [5.41, 5.74) is 4.42. The maximum Gasteiger partial charge on any atom is 0.434 e. The predicted molar refractivity (Wildman–Crippen MR) is 58.1 cm³/mol. The van der Waals surface area contributed by atoms with Crippen LogP contribution in [0.4, 0.5) is 18.3 Å². The number of nitrogens with one attached hydrogen (secondary N) is 1. The van der Waals surface area contributed by atoms with Crippen LogP contribution in [0, 0.1) is 5.92 Å². The van der Waals surface area contributed by atoms with E-state index in [1.807, 2.05) is 13.8 Å². The summed E-state index contributed by atoms with van der Waals surface area (Å²) in [5, 5.41) is 2.89. The van der Waals surface area contributed by atoms with Crippen molar-refractivity contribution in [3.8, 4) is 0 Å². The number of nitrogens with two attached hydrogens (primary N) is 1. The lowest BCUT2D eigenvalue weighted by molar-refractivity contribution is -0.141. The molecule has 0 saturated heterocycles. The lowest BCUT2D eigenvalue weighted by Crippen LogP contribution is -2.20. The highest BCUT2D eigenvalue weighted by Crippen LogP contribution is 2.35. The van der Waals surface area contributed by atoms with Gasteiger partial charge in [-0.25, -0.2) is 4.98 Å². The highest BCUT2D eigenvalue weighted by Gasteiger charge is 2.36. The molecule has 1 aromatic heterocycles. The normalized spacial score (nSPS) is 12.4. The zero-order valence-corrected chi connectivity index (χ0v) is 9.87. The number of halogens is 3. The molecule has 7 heteroatoms. The van der Waals surface area contributed by atoms with Gasteiger partial charge < -0.3 is 11.1 Å². The van der Waals surface area contributed by atoms with Crippen LogP contribution in [0.1, 0.15) is 24.4 Å². The molecule has 0 aromatic carbocycles. The van der Waals surface area contributed by atoms with Crippen molar-refractivity contribution >= 4 is 16.5 Å². The van der Waals surface area contributed by atoms with E-state index < -0.39 is 11.9 Å². The maximum absolute atomic E-state index is 12.5. The van der Waals surface area contributed by atoms with Crippen molar-refractivity contribution in [2.75, 3.05) is 12.3 Å². The molecule has 1 rings (SSSR count). The first kappa shape index (κ1) is 13.2. The fourth-order valence-electron chi connectivity index (χ4n) is 1.19. The number of aromatic nitrogens is 1. The summed E-state index contributed by atoms with van der Waals surface area (Å²) in [7, 11) is 0. The van der Waals surface area contributed by atoms with Crippen LogP contribution in [0.25, 0.3) is 0 Å². The van der Waals surface area contributed by atoms with Gasteiger partial charge in [-0.05, 0) is 12.5 Å². The second kappa shape index (κ2) is 5.01. The lowest BCUT2D eigenvalue weighted by Gasteiger charge is -2.08. The van der Waals surface area contributed by atoms with E-state index in [1.165, 1.54) is 0 Å². The van der Waals surface area contributed by atoms with E-state index in [2.05, 4.69) is 10.3 Å². The van der Waals surface area contributed by atoms with Crippen molar-refractivity contribution in [2.45, 2.75) is 26.6 Å². The Morgan fingerprint density at radius 3 is 2.56 bits per heavy atom. The van der Waals surface area contributed by atoms with Crippen LogP contribution in [0.15, 0.2) is 0 Å². The SMILES string of the molecule is CC(C)CNCc1sc(N)nc1C(F)(F)F. The van der Waals surface area contributed by atoms with Gasteiger partial charge in [0.25, 0.3) is 0 Å². The summed E-state index contributed by atoms with van der Waals surface area (Å²) in [4.78, 5) is 3.46. The van der Waals surface area contributed by atoms with Gasteiger partial charge in [0, 0.05) is 6.54 Å². The first-order valence-corrected chi connectivity index (χ1v) is 5.65. The van der Waals surface area contributed by atoms with Crippen LogP contribution in [0.2, 0.25) is 0 Å². The van der Waals surface area contributed by atoms with Gasteiger partial charge in [-0.1, -0.05) is 13.8 Å². The zero-order chi connectivity index (χ0) is 12.3. The molecule has 1 aromatic rings. The smallest absolute Gasteiger partial charge is 0.375 e. The van der Waals surface area contributed by atoms with E-state index in [4.69, 9.17) is 5.73 Å². The van der Waals surface area contributed by atoms with E-state index in [1.54, 1.807) is 0 Å². The van der Waals surface area contributed by atoms with Gasteiger partial charge >= 0.3 is 6.18 Å². The molecule has 0 amide bonds. The average Bonchev–Trinajstić information content (AvgIpc) is 2.45. The molecule has 16 heavy (non-hydrogen) atoms. The van der Waals surface area contributed by atoms with E-state index in [9.17, 15) is 13.2 Å².